The van der Waals surface area contributed by atoms with E-state index in [1.165, 1.54) is 12.1 Å². The first-order valence-corrected chi connectivity index (χ1v) is 9.85. The fourth-order valence-electron chi connectivity index (χ4n) is 3.84. The number of fused-ring (bicyclic) bond motifs is 1. The molecule has 0 aliphatic carbocycles. The van der Waals surface area contributed by atoms with Crippen LogP contribution in [0.2, 0.25) is 0 Å². The number of nitrogens with zero attached hydrogens (tertiary/aromatic N) is 3. The largest absolute Gasteiger partial charge is 0.497 e. The molecule has 0 spiro atoms. The lowest BCUT2D eigenvalue weighted by Gasteiger charge is -2.36. The van der Waals surface area contributed by atoms with E-state index in [-0.39, 0.29) is 11.6 Å². The van der Waals surface area contributed by atoms with Crippen molar-refractivity contribution >= 4 is 22.4 Å². The maximum atomic E-state index is 14.1. The number of hydrogen-bond acceptors (Lipinski definition) is 5. The summed E-state index contributed by atoms with van der Waals surface area (Å²) in [5, 5.41) is 0.675. The Balaban J connectivity index is 1.81. The normalized spacial score (nSPS) is 14.9. The summed E-state index contributed by atoms with van der Waals surface area (Å²) >= 11 is 0. The number of aromatic nitrogens is 1. The minimum atomic E-state index is -0.332. The minimum Gasteiger partial charge on any atom is -0.497 e. The monoisotopic (exact) mass is 393 g/mol. The molecule has 1 saturated heterocycles. The van der Waals surface area contributed by atoms with Crippen molar-refractivity contribution < 1.29 is 13.9 Å². The zero-order valence-corrected chi connectivity index (χ0v) is 16.7. The third-order valence-corrected chi connectivity index (χ3v) is 5.53. The van der Waals surface area contributed by atoms with Gasteiger partial charge in [-0.1, -0.05) is 6.92 Å². The van der Waals surface area contributed by atoms with Crippen LogP contribution in [0.3, 0.4) is 0 Å². The number of pyridine rings is 1. The summed E-state index contributed by atoms with van der Waals surface area (Å²) in [4.78, 5) is 22.3. The summed E-state index contributed by atoms with van der Waals surface area (Å²) in [6.45, 7) is 6.53. The molecule has 29 heavy (non-hydrogen) atoms. The van der Waals surface area contributed by atoms with Crippen molar-refractivity contribution in [2.45, 2.75) is 6.92 Å². The van der Waals surface area contributed by atoms with Gasteiger partial charge >= 0.3 is 0 Å². The van der Waals surface area contributed by atoms with Gasteiger partial charge in [0, 0.05) is 43.3 Å². The van der Waals surface area contributed by atoms with Gasteiger partial charge in [-0.2, -0.15) is 0 Å². The number of rotatable bonds is 5. The third kappa shape index (κ3) is 3.80. The molecule has 3 aromatic rings. The highest BCUT2D eigenvalue weighted by atomic mass is 19.1. The fourth-order valence-corrected chi connectivity index (χ4v) is 3.84. The summed E-state index contributed by atoms with van der Waals surface area (Å²) < 4.78 is 19.3. The number of ether oxygens (including phenoxy) is 1. The molecule has 4 rings (SSSR count). The lowest BCUT2D eigenvalue weighted by Crippen LogP contribution is -2.46. The molecule has 2 heterocycles. The van der Waals surface area contributed by atoms with Crippen molar-refractivity contribution in [3.8, 4) is 5.75 Å². The van der Waals surface area contributed by atoms with Crippen LogP contribution in [0, 0.1) is 5.82 Å². The van der Waals surface area contributed by atoms with Gasteiger partial charge in [-0.3, -0.25) is 9.78 Å². The second-order valence-corrected chi connectivity index (χ2v) is 7.16. The number of benzene rings is 2. The number of carbonyl (C=O) groups is 1. The third-order valence-electron chi connectivity index (χ3n) is 5.53. The smallest absolute Gasteiger partial charge is 0.196 e. The molecule has 150 valence electrons. The Labute approximate surface area is 169 Å². The molecule has 0 unspecified atom stereocenters. The van der Waals surface area contributed by atoms with Gasteiger partial charge in [-0.25, -0.2) is 4.39 Å². The highest BCUT2D eigenvalue weighted by Crippen LogP contribution is 2.32. The first-order chi connectivity index (χ1) is 14.1. The molecule has 1 aliphatic heterocycles. The minimum absolute atomic E-state index is 0.126. The van der Waals surface area contributed by atoms with Gasteiger partial charge in [-0.05, 0) is 49.0 Å². The summed E-state index contributed by atoms with van der Waals surface area (Å²) in [6, 6.07) is 11.6. The SMILES string of the molecule is CCN1CCN(c2c(C(=O)c3ccc(OC)cc3)cnc3ccc(F)cc23)CC1. The zero-order valence-electron chi connectivity index (χ0n) is 16.7. The number of ketones is 1. The van der Waals surface area contributed by atoms with Crippen molar-refractivity contribution in [3.63, 3.8) is 0 Å². The number of piperazine rings is 1. The molecule has 0 radical (unpaired) electrons. The number of anilines is 1. The first-order valence-electron chi connectivity index (χ1n) is 9.85. The maximum absolute atomic E-state index is 14.1. The number of likely N-dealkylation sites (N-methyl/N-ethyl adjacent to an activating group) is 1. The summed E-state index contributed by atoms with van der Waals surface area (Å²) in [7, 11) is 1.59. The van der Waals surface area contributed by atoms with Gasteiger partial charge in [0.25, 0.3) is 0 Å². The highest BCUT2D eigenvalue weighted by molar-refractivity contribution is 6.16. The molecule has 1 aromatic heterocycles. The Morgan fingerprint density at radius 1 is 1.10 bits per heavy atom. The van der Waals surface area contributed by atoms with E-state index < -0.39 is 0 Å². The van der Waals surface area contributed by atoms with Crippen molar-refractivity contribution in [3.05, 3.63) is 65.6 Å². The molecule has 0 amide bonds. The van der Waals surface area contributed by atoms with Gasteiger partial charge < -0.3 is 14.5 Å². The van der Waals surface area contributed by atoms with Crippen LogP contribution < -0.4 is 9.64 Å². The van der Waals surface area contributed by atoms with Gasteiger partial charge in [0.15, 0.2) is 5.78 Å². The molecule has 5 nitrogen and oxygen atoms in total. The first kappa shape index (κ1) is 19.3. The van der Waals surface area contributed by atoms with E-state index in [1.54, 1.807) is 43.6 Å². The van der Waals surface area contributed by atoms with Crippen molar-refractivity contribution in [1.82, 2.24) is 9.88 Å². The van der Waals surface area contributed by atoms with Gasteiger partial charge in [0.1, 0.15) is 11.6 Å². The summed E-state index contributed by atoms with van der Waals surface area (Å²) in [6.07, 6.45) is 1.62. The molecule has 2 aromatic carbocycles. The molecule has 0 saturated carbocycles. The van der Waals surface area contributed by atoms with E-state index in [1.807, 2.05) is 0 Å². The van der Waals surface area contributed by atoms with Crippen molar-refractivity contribution in [2.24, 2.45) is 0 Å². The Bertz CT molecular complexity index is 1030. The van der Waals surface area contributed by atoms with E-state index in [2.05, 4.69) is 21.7 Å². The molecule has 6 heteroatoms. The lowest BCUT2D eigenvalue weighted by molar-refractivity contribution is 0.103. The van der Waals surface area contributed by atoms with Crippen LogP contribution in [0.25, 0.3) is 10.9 Å². The molecular formula is C23H24FN3O2. The van der Waals surface area contributed by atoms with Crippen LogP contribution in [0.1, 0.15) is 22.8 Å². The van der Waals surface area contributed by atoms with Crippen molar-refractivity contribution in [2.75, 3.05) is 44.7 Å². The van der Waals surface area contributed by atoms with E-state index in [9.17, 15) is 9.18 Å². The van der Waals surface area contributed by atoms with E-state index in [0.29, 0.717) is 27.8 Å². The Morgan fingerprint density at radius 3 is 2.48 bits per heavy atom. The van der Waals surface area contributed by atoms with Crippen LogP contribution in [0.4, 0.5) is 10.1 Å². The van der Waals surface area contributed by atoms with Crippen LogP contribution in [-0.2, 0) is 0 Å². The maximum Gasteiger partial charge on any atom is 0.196 e. The number of carbonyl (C=O) groups excluding carboxylic acids is 1. The Hall–Kier alpha value is -2.99. The van der Waals surface area contributed by atoms with E-state index in [4.69, 9.17) is 4.74 Å². The number of hydrogen-bond donors (Lipinski definition) is 0. The Morgan fingerprint density at radius 2 is 1.83 bits per heavy atom. The second kappa shape index (κ2) is 8.17. The predicted molar refractivity (Wildman–Crippen MR) is 112 cm³/mol. The lowest BCUT2D eigenvalue weighted by atomic mass is 9.99. The van der Waals surface area contributed by atoms with E-state index in [0.717, 1.165) is 38.4 Å². The second-order valence-electron chi connectivity index (χ2n) is 7.16. The standard InChI is InChI=1S/C23H24FN3O2/c1-3-26-10-12-27(13-11-26)22-19-14-17(24)6-9-21(19)25-15-20(22)23(28)16-4-7-18(29-2)8-5-16/h4-9,14-15H,3,10-13H2,1-2H3. The Kier molecular flexibility index (Phi) is 5.45. The zero-order chi connectivity index (χ0) is 20.4. The molecule has 0 atom stereocenters. The molecule has 1 fully saturated rings. The van der Waals surface area contributed by atoms with Crippen molar-refractivity contribution in [1.29, 1.82) is 0 Å². The highest BCUT2D eigenvalue weighted by Gasteiger charge is 2.24. The number of halogens is 1. The predicted octanol–water partition coefficient (Wildman–Crippen LogP) is 3.76. The van der Waals surface area contributed by atoms with Crippen LogP contribution >= 0.6 is 0 Å². The van der Waals surface area contributed by atoms with Crippen LogP contribution in [0.15, 0.2) is 48.7 Å². The average molecular weight is 393 g/mol. The van der Waals surface area contributed by atoms with Gasteiger partial charge in [0.2, 0.25) is 0 Å². The average Bonchev–Trinajstić information content (AvgIpc) is 2.78. The van der Waals surface area contributed by atoms with Crippen LogP contribution in [-0.4, -0.2) is 55.5 Å². The quantitative estimate of drug-likeness (QED) is 0.618. The summed E-state index contributed by atoms with van der Waals surface area (Å²) in [5.41, 5.74) is 2.51. The molecule has 1 aliphatic rings. The summed E-state index contributed by atoms with van der Waals surface area (Å²) in [5.74, 6) is 0.234. The van der Waals surface area contributed by atoms with E-state index >= 15 is 0 Å². The van der Waals surface area contributed by atoms with Gasteiger partial charge in [-0.15, -0.1) is 0 Å². The fraction of sp³-hybridized carbons (Fsp3) is 0.304. The van der Waals surface area contributed by atoms with Gasteiger partial charge in [0.05, 0.1) is 23.9 Å². The molecule has 0 bridgehead atoms. The van der Waals surface area contributed by atoms with Crippen LogP contribution in [0.5, 0.6) is 5.75 Å². The topological polar surface area (TPSA) is 45.7 Å². The molecular weight excluding hydrogens is 369 g/mol. The molecule has 0 N–H and O–H groups in total. The number of methoxy groups -OCH3 is 1.